The maximum atomic E-state index is 14.0. The van der Waals surface area contributed by atoms with E-state index in [0.29, 0.717) is 31.6 Å². The molecule has 7 heteroatoms. The van der Waals surface area contributed by atoms with Crippen LogP contribution in [-0.4, -0.2) is 47.8 Å². The molecule has 26 heavy (non-hydrogen) atoms. The van der Waals surface area contributed by atoms with Crippen molar-refractivity contribution in [2.45, 2.75) is 6.42 Å². The summed E-state index contributed by atoms with van der Waals surface area (Å²) in [4.78, 5) is 28.3. The van der Waals surface area contributed by atoms with E-state index in [1.807, 2.05) is 0 Å². The van der Waals surface area contributed by atoms with Gasteiger partial charge in [-0.25, -0.2) is 8.78 Å². The number of carbonyl (C=O) groups excluding carboxylic acids is 2. The Bertz CT molecular complexity index is 807. The first-order chi connectivity index (χ1) is 12.5. The predicted octanol–water partition coefficient (Wildman–Crippen LogP) is 3.61. The Morgan fingerprint density at radius 3 is 2.08 bits per heavy atom. The lowest BCUT2D eigenvalue weighted by atomic mass is 10.1. The van der Waals surface area contributed by atoms with Crippen LogP contribution in [0.3, 0.4) is 0 Å². The molecule has 1 saturated heterocycles. The molecule has 1 aliphatic rings. The molecule has 0 atom stereocenters. The molecule has 4 nitrogen and oxygen atoms in total. The lowest BCUT2D eigenvalue weighted by Gasteiger charge is -2.23. The molecule has 0 aliphatic carbocycles. The summed E-state index contributed by atoms with van der Waals surface area (Å²) >= 11 is 5.97. The van der Waals surface area contributed by atoms with Gasteiger partial charge < -0.3 is 9.80 Å². The van der Waals surface area contributed by atoms with Crippen molar-refractivity contribution in [2.24, 2.45) is 0 Å². The van der Waals surface area contributed by atoms with Crippen LogP contribution in [0.1, 0.15) is 27.1 Å². The number of hydrogen-bond acceptors (Lipinski definition) is 2. The van der Waals surface area contributed by atoms with Gasteiger partial charge in [0.25, 0.3) is 11.8 Å². The first-order valence-electron chi connectivity index (χ1n) is 8.25. The fraction of sp³-hybridized carbons (Fsp3) is 0.263. The smallest absolute Gasteiger partial charge is 0.258 e. The zero-order valence-electron chi connectivity index (χ0n) is 13.9. The van der Waals surface area contributed by atoms with Crippen LogP contribution in [-0.2, 0) is 0 Å². The Morgan fingerprint density at radius 2 is 1.46 bits per heavy atom. The molecule has 2 aromatic rings. The van der Waals surface area contributed by atoms with Crippen LogP contribution < -0.4 is 0 Å². The van der Waals surface area contributed by atoms with Crippen molar-refractivity contribution in [1.82, 2.24) is 9.80 Å². The van der Waals surface area contributed by atoms with Gasteiger partial charge in [0.1, 0.15) is 11.6 Å². The SMILES string of the molecule is O=C(c1ccc(F)cc1)N1CCCN(C(=O)c2c(F)cccc2Cl)CC1. The summed E-state index contributed by atoms with van der Waals surface area (Å²) in [6.07, 6.45) is 0.560. The fourth-order valence-corrected chi connectivity index (χ4v) is 3.20. The number of hydrogen-bond donors (Lipinski definition) is 0. The lowest BCUT2D eigenvalue weighted by molar-refractivity contribution is 0.0716. The monoisotopic (exact) mass is 378 g/mol. The maximum absolute atomic E-state index is 14.0. The molecule has 3 rings (SSSR count). The van der Waals surface area contributed by atoms with Crippen LogP contribution in [0.5, 0.6) is 0 Å². The van der Waals surface area contributed by atoms with Crippen molar-refractivity contribution < 1.29 is 18.4 Å². The Balaban J connectivity index is 1.71. The van der Waals surface area contributed by atoms with Crippen molar-refractivity contribution in [1.29, 1.82) is 0 Å². The molecule has 0 unspecified atom stereocenters. The number of halogens is 3. The maximum Gasteiger partial charge on any atom is 0.258 e. The molecule has 0 aromatic heterocycles. The third-order valence-corrected chi connectivity index (χ3v) is 4.65. The molecule has 1 heterocycles. The van der Waals surface area contributed by atoms with E-state index >= 15 is 0 Å². The zero-order chi connectivity index (χ0) is 18.7. The highest BCUT2D eigenvalue weighted by Crippen LogP contribution is 2.22. The van der Waals surface area contributed by atoms with E-state index in [2.05, 4.69) is 0 Å². The molecule has 1 fully saturated rings. The quantitative estimate of drug-likeness (QED) is 0.801. The number of amides is 2. The number of nitrogens with zero attached hydrogens (tertiary/aromatic N) is 2. The fourth-order valence-electron chi connectivity index (χ4n) is 2.96. The van der Waals surface area contributed by atoms with E-state index in [4.69, 9.17) is 11.6 Å². The minimum absolute atomic E-state index is 0.0680. The molecule has 0 radical (unpaired) electrons. The summed E-state index contributed by atoms with van der Waals surface area (Å²) in [5.74, 6) is -1.77. The summed E-state index contributed by atoms with van der Waals surface area (Å²) in [5.41, 5.74) is 0.246. The van der Waals surface area contributed by atoms with E-state index in [-0.39, 0.29) is 23.0 Å². The van der Waals surface area contributed by atoms with Gasteiger partial charge in [0.15, 0.2) is 0 Å². The van der Waals surface area contributed by atoms with Gasteiger partial charge in [-0.1, -0.05) is 17.7 Å². The van der Waals surface area contributed by atoms with Crippen LogP contribution in [0.15, 0.2) is 42.5 Å². The average Bonchev–Trinajstić information content (AvgIpc) is 2.87. The molecule has 0 N–H and O–H groups in total. The van der Waals surface area contributed by atoms with Crippen LogP contribution in [0.4, 0.5) is 8.78 Å². The van der Waals surface area contributed by atoms with Crippen molar-refractivity contribution in [2.75, 3.05) is 26.2 Å². The Morgan fingerprint density at radius 1 is 0.846 bits per heavy atom. The summed E-state index contributed by atoms with van der Waals surface area (Å²) in [7, 11) is 0. The van der Waals surface area contributed by atoms with Crippen LogP contribution in [0.25, 0.3) is 0 Å². The average molecular weight is 379 g/mol. The first kappa shape index (κ1) is 18.3. The largest absolute Gasteiger partial charge is 0.337 e. The van der Waals surface area contributed by atoms with Gasteiger partial charge in [0.05, 0.1) is 10.6 Å². The van der Waals surface area contributed by atoms with Gasteiger partial charge >= 0.3 is 0 Å². The van der Waals surface area contributed by atoms with Crippen molar-refractivity contribution >= 4 is 23.4 Å². The minimum atomic E-state index is -0.661. The third-order valence-electron chi connectivity index (χ3n) is 4.34. The van der Waals surface area contributed by atoms with Gasteiger partial charge in [-0.05, 0) is 42.8 Å². The first-order valence-corrected chi connectivity index (χ1v) is 8.63. The second-order valence-corrected chi connectivity index (χ2v) is 6.45. The van der Waals surface area contributed by atoms with Crippen molar-refractivity contribution in [3.63, 3.8) is 0 Å². The molecule has 1 aliphatic heterocycles. The molecule has 136 valence electrons. The molecule has 2 aromatic carbocycles. The third kappa shape index (κ3) is 3.85. The van der Waals surface area contributed by atoms with Gasteiger partial charge in [-0.15, -0.1) is 0 Å². The molecular weight excluding hydrogens is 362 g/mol. The highest BCUT2D eigenvalue weighted by Gasteiger charge is 2.26. The number of benzene rings is 2. The minimum Gasteiger partial charge on any atom is -0.337 e. The van der Waals surface area contributed by atoms with Gasteiger partial charge in [-0.2, -0.15) is 0 Å². The Kier molecular flexibility index (Phi) is 5.52. The van der Waals surface area contributed by atoms with Crippen LogP contribution in [0, 0.1) is 11.6 Å². The second kappa shape index (κ2) is 7.83. The van der Waals surface area contributed by atoms with Crippen LogP contribution in [0.2, 0.25) is 5.02 Å². The van der Waals surface area contributed by atoms with E-state index in [1.54, 1.807) is 4.90 Å². The van der Waals surface area contributed by atoms with Crippen molar-refractivity contribution in [3.8, 4) is 0 Å². The number of carbonyl (C=O) groups is 2. The lowest BCUT2D eigenvalue weighted by Crippen LogP contribution is -2.37. The van der Waals surface area contributed by atoms with E-state index in [1.165, 1.54) is 47.4 Å². The highest BCUT2D eigenvalue weighted by molar-refractivity contribution is 6.33. The van der Waals surface area contributed by atoms with E-state index in [0.717, 1.165) is 0 Å². The Labute approximate surface area is 155 Å². The standard InChI is InChI=1S/C19H17ClF2N2O2/c20-15-3-1-4-16(22)17(15)19(26)24-10-2-9-23(11-12-24)18(25)13-5-7-14(21)8-6-13/h1,3-8H,2,9-12H2. The molecule has 2 amide bonds. The summed E-state index contributed by atoms with van der Waals surface area (Å²) in [5, 5.41) is 0.0680. The topological polar surface area (TPSA) is 40.6 Å². The second-order valence-electron chi connectivity index (χ2n) is 6.04. The molecule has 0 saturated carbocycles. The summed E-state index contributed by atoms with van der Waals surface area (Å²) < 4.78 is 27.0. The molecule has 0 spiro atoms. The Hall–Kier alpha value is -2.47. The zero-order valence-corrected chi connectivity index (χ0v) is 14.7. The van der Waals surface area contributed by atoms with E-state index in [9.17, 15) is 18.4 Å². The number of rotatable bonds is 2. The highest BCUT2D eigenvalue weighted by atomic mass is 35.5. The molecule has 0 bridgehead atoms. The normalized spacial score (nSPS) is 14.9. The van der Waals surface area contributed by atoms with Crippen LogP contribution >= 0.6 is 11.6 Å². The summed E-state index contributed by atoms with van der Waals surface area (Å²) in [6.45, 7) is 1.45. The summed E-state index contributed by atoms with van der Waals surface area (Å²) in [6, 6.07) is 9.46. The van der Waals surface area contributed by atoms with E-state index < -0.39 is 17.5 Å². The molecular formula is C19H17ClF2N2O2. The van der Waals surface area contributed by atoms with Gasteiger partial charge in [0, 0.05) is 31.7 Å². The van der Waals surface area contributed by atoms with Gasteiger partial charge in [0.2, 0.25) is 0 Å². The van der Waals surface area contributed by atoms with Crippen molar-refractivity contribution in [3.05, 3.63) is 70.2 Å². The van der Waals surface area contributed by atoms with Gasteiger partial charge in [-0.3, -0.25) is 9.59 Å². The predicted molar refractivity (Wildman–Crippen MR) is 94.2 cm³/mol.